The summed E-state index contributed by atoms with van der Waals surface area (Å²) in [6.45, 7) is 3.46. The van der Waals surface area contributed by atoms with Crippen molar-refractivity contribution in [3.05, 3.63) is 29.3 Å². The van der Waals surface area contributed by atoms with Gasteiger partial charge in [0.1, 0.15) is 11.4 Å². The second-order valence-electron chi connectivity index (χ2n) is 5.35. The number of aryl methyl sites for hydroxylation is 1. The standard InChI is InChI=1S/C15H18O3/c1-11-3-4-14-12(9-11)13(16)10-15(18-14)5-2-7-17-8-6-15/h3-4,9H,2,5-8,10H2,1H3. The predicted molar refractivity (Wildman–Crippen MR) is 68.2 cm³/mol. The Balaban J connectivity index is 1.95. The number of Topliss-reactive ketones (excluding diaryl/α,β-unsaturated/α-hetero) is 1. The largest absolute Gasteiger partial charge is 0.486 e. The topological polar surface area (TPSA) is 35.5 Å². The van der Waals surface area contributed by atoms with Crippen molar-refractivity contribution < 1.29 is 14.3 Å². The maximum atomic E-state index is 12.3. The zero-order chi connectivity index (χ0) is 12.6. The van der Waals surface area contributed by atoms with Crippen LogP contribution in [0.3, 0.4) is 0 Å². The second-order valence-corrected chi connectivity index (χ2v) is 5.35. The van der Waals surface area contributed by atoms with Crippen molar-refractivity contribution in [2.24, 2.45) is 0 Å². The molecule has 3 nitrogen and oxygen atoms in total. The highest BCUT2D eigenvalue weighted by Crippen LogP contribution is 2.39. The number of hydrogen-bond acceptors (Lipinski definition) is 3. The van der Waals surface area contributed by atoms with E-state index in [9.17, 15) is 4.79 Å². The minimum Gasteiger partial charge on any atom is -0.486 e. The molecule has 96 valence electrons. The molecule has 0 aliphatic carbocycles. The molecular weight excluding hydrogens is 228 g/mol. The van der Waals surface area contributed by atoms with Crippen LogP contribution in [0.1, 0.15) is 41.6 Å². The normalized spacial score (nSPS) is 27.5. The smallest absolute Gasteiger partial charge is 0.170 e. The van der Waals surface area contributed by atoms with E-state index >= 15 is 0 Å². The van der Waals surface area contributed by atoms with E-state index in [2.05, 4.69) is 0 Å². The number of hydrogen-bond donors (Lipinski definition) is 0. The number of fused-ring (bicyclic) bond motifs is 1. The SMILES string of the molecule is Cc1ccc2c(c1)C(=O)CC1(CCCOCC1)O2. The minimum atomic E-state index is -0.324. The zero-order valence-corrected chi connectivity index (χ0v) is 10.7. The monoisotopic (exact) mass is 246 g/mol. The third-order valence-electron chi connectivity index (χ3n) is 3.87. The number of carbonyl (C=O) groups is 1. The molecule has 1 saturated heterocycles. The molecule has 0 bridgehead atoms. The highest BCUT2D eigenvalue weighted by Gasteiger charge is 2.40. The highest BCUT2D eigenvalue weighted by atomic mass is 16.5. The van der Waals surface area contributed by atoms with Gasteiger partial charge in [-0.15, -0.1) is 0 Å². The van der Waals surface area contributed by atoms with E-state index in [1.165, 1.54) is 0 Å². The highest BCUT2D eigenvalue weighted by molar-refractivity contribution is 6.00. The fraction of sp³-hybridized carbons (Fsp3) is 0.533. The number of rotatable bonds is 0. The maximum Gasteiger partial charge on any atom is 0.170 e. The summed E-state index contributed by atoms with van der Waals surface area (Å²) in [5.74, 6) is 0.959. The summed E-state index contributed by atoms with van der Waals surface area (Å²) in [5.41, 5.74) is 1.52. The zero-order valence-electron chi connectivity index (χ0n) is 10.7. The average Bonchev–Trinajstić information content (AvgIpc) is 2.56. The molecule has 1 fully saturated rings. The van der Waals surface area contributed by atoms with Crippen LogP contribution < -0.4 is 4.74 Å². The number of carbonyl (C=O) groups excluding carboxylic acids is 1. The van der Waals surface area contributed by atoms with Crippen LogP contribution in [-0.4, -0.2) is 24.6 Å². The molecule has 18 heavy (non-hydrogen) atoms. The second kappa shape index (κ2) is 4.39. The Bertz CT molecular complexity index is 471. The van der Waals surface area contributed by atoms with E-state index in [1.807, 2.05) is 25.1 Å². The summed E-state index contributed by atoms with van der Waals surface area (Å²) in [6.07, 6.45) is 3.18. The van der Waals surface area contributed by atoms with Gasteiger partial charge in [0.25, 0.3) is 0 Å². The summed E-state index contributed by atoms with van der Waals surface area (Å²) in [7, 11) is 0. The van der Waals surface area contributed by atoms with Crippen LogP contribution in [0, 0.1) is 6.92 Å². The van der Waals surface area contributed by atoms with Gasteiger partial charge in [0.2, 0.25) is 0 Å². The molecule has 0 radical (unpaired) electrons. The molecule has 3 heteroatoms. The predicted octanol–water partition coefficient (Wildman–Crippen LogP) is 2.90. The van der Waals surface area contributed by atoms with Gasteiger partial charge >= 0.3 is 0 Å². The summed E-state index contributed by atoms with van der Waals surface area (Å²) in [5, 5.41) is 0. The van der Waals surface area contributed by atoms with Gasteiger partial charge in [-0.1, -0.05) is 11.6 Å². The van der Waals surface area contributed by atoms with Crippen molar-refractivity contribution in [3.63, 3.8) is 0 Å². The van der Waals surface area contributed by atoms with Gasteiger partial charge in [-0.05, 0) is 31.9 Å². The van der Waals surface area contributed by atoms with E-state index in [1.54, 1.807) is 0 Å². The molecule has 0 aromatic heterocycles. The molecular formula is C15H18O3. The lowest BCUT2D eigenvalue weighted by Crippen LogP contribution is -2.42. The molecule has 0 amide bonds. The molecule has 0 N–H and O–H groups in total. The molecule has 2 aliphatic heterocycles. The fourth-order valence-electron chi connectivity index (χ4n) is 2.87. The summed E-state index contributed by atoms with van der Waals surface area (Å²) < 4.78 is 11.6. The van der Waals surface area contributed by atoms with Gasteiger partial charge in [0.05, 0.1) is 18.6 Å². The van der Waals surface area contributed by atoms with Crippen molar-refractivity contribution in [2.45, 2.75) is 38.2 Å². The van der Waals surface area contributed by atoms with Crippen molar-refractivity contribution >= 4 is 5.78 Å². The van der Waals surface area contributed by atoms with Crippen LogP contribution in [-0.2, 0) is 4.74 Å². The van der Waals surface area contributed by atoms with Crippen LogP contribution in [0.25, 0.3) is 0 Å². The first-order chi connectivity index (χ1) is 8.69. The van der Waals surface area contributed by atoms with Gasteiger partial charge in [-0.3, -0.25) is 4.79 Å². The van der Waals surface area contributed by atoms with Crippen molar-refractivity contribution in [3.8, 4) is 5.75 Å². The molecule has 0 saturated carbocycles. The van der Waals surface area contributed by atoms with Gasteiger partial charge in [0.15, 0.2) is 5.78 Å². The van der Waals surface area contributed by atoms with Crippen LogP contribution in [0.5, 0.6) is 5.75 Å². The van der Waals surface area contributed by atoms with Crippen LogP contribution in [0.2, 0.25) is 0 Å². The first-order valence-electron chi connectivity index (χ1n) is 6.59. The lowest BCUT2D eigenvalue weighted by molar-refractivity contribution is 0.0247. The summed E-state index contributed by atoms with van der Waals surface area (Å²) in [4.78, 5) is 12.3. The minimum absolute atomic E-state index is 0.210. The van der Waals surface area contributed by atoms with Gasteiger partial charge in [0, 0.05) is 13.0 Å². The van der Waals surface area contributed by atoms with Gasteiger partial charge < -0.3 is 9.47 Å². The molecule has 1 unspecified atom stereocenters. The van der Waals surface area contributed by atoms with E-state index < -0.39 is 0 Å². The van der Waals surface area contributed by atoms with Crippen molar-refractivity contribution in [1.29, 1.82) is 0 Å². The van der Waals surface area contributed by atoms with E-state index in [4.69, 9.17) is 9.47 Å². The van der Waals surface area contributed by atoms with Gasteiger partial charge in [-0.25, -0.2) is 0 Å². The van der Waals surface area contributed by atoms with Gasteiger partial charge in [-0.2, -0.15) is 0 Å². The molecule has 1 aromatic rings. The molecule has 2 heterocycles. The van der Waals surface area contributed by atoms with Crippen LogP contribution >= 0.6 is 0 Å². The maximum absolute atomic E-state index is 12.3. The van der Waals surface area contributed by atoms with E-state index in [0.29, 0.717) is 13.0 Å². The van der Waals surface area contributed by atoms with Crippen LogP contribution in [0.4, 0.5) is 0 Å². The third-order valence-corrected chi connectivity index (χ3v) is 3.87. The fourth-order valence-corrected chi connectivity index (χ4v) is 2.87. The number of benzene rings is 1. The number of ketones is 1. The Labute approximate surface area is 107 Å². The Morgan fingerprint density at radius 3 is 3.00 bits per heavy atom. The van der Waals surface area contributed by atoms with E-state index in [-0.39, 0.29) is 11.4 Å². The molecule has 1 aromatic carbocycles. The third kappa shape index (κ3) is 2.03. The van der Waals surface area contributed by atoms with E-state index in [0.717, 1.165) is 42.7 Å². The molecule has 3 rings (SSSR count). The number of ether oxygens (including phenoxy) is 2. The molecule has 1 atom stereocenters. The Kier molecular flexibility index (Phi) is 2.86. The molecule has 1 spiro atoms. The average molecular weight is 246 g/mol. The van der Waals surface area contributed by atoms with Crippen molar-refractivity contribution in [1.82, 2.24) is 0 Å². The Morgan fingerprint density at radius 2 is 2.11 bits per heavy atom. The van der Waals surface area contributed by atoms with Crippen LogP contribution in [0.15, 0.2) is 18.2 Å². The molecule has 2 aliphatic rings. The lowest BCUT2D eigenvalue weighted by atomic mass is 9.84. The lowest BCUT2D eigenvalue weighted by Gasteiger charge is -2.37. The Morgan fingerprint density at radius 1 is 1.22 bits per heavy atom. The first-order valence-corrected chi connectivity index (χ1v) is 6.59. The summed E-state index contributed by atoms with van der Waals surface area (Å²) >= 11 is 0. The first kappa shape index (κ1) is 11.7. The Hall–Kier alpha value is -1.35. The van der Waals surface area contributed by atoms with Crippen molar-refractivity contribution in [2.75, 3.05) is 13.2 Å². The summed E-state index contributed by atoms with van der Waals surface area (Å²) in [6, 6.07) is 5.85. The quantitative estimate of drug-likeness (QED) is 0.706.